The van der Waals surface area contributed by atoms with Crippen molar-refractivity contribution in [3.05, 3.63) is 34.3 Å². The maximum Gasteiger partial charge on any atom is 0.328 e. The standard InChI is InChI=1S/C14H18BrNO3/c1-4-9(2)12(14(18)19-3)16-13(17)10-5-7-11(15)8-6-10/h5-9,12H,4H2,1-3H3,(H,16,17). The van der Waals surface area contributed by atoms with Crippen LogP contribution < -0.4 is 5.32 Å². The molecular weight excluding hydrogens is 310 g/mol. The summed E-state index contributed by atoms with van der Waals surface area (Å²) in [5.41, 5.74) is 0.514. The fourth-order valence-electron chi connectivity index (χ4n) is 1.62. The molecule has 0 radical (unpaired) electrons. The fraction of sp³-hybridized carbons (Fsp3) is 0.429. The monoisotopic (exact) mass is 327 g/mol. The maximum atomic E-state index is 12.1. The Bertz CT molecular complexity index is 445. The van der Waals surface area contributed by atoms with Crippen LogP contribution in [0.1, 0.15) is 30.6 Å². The first-order chi connectivity index (χ1) is 8.99. The Labute approximate surface area is 121 Å². The third-order valence-electron chi connectivity index (χ3n) is 3.06. The molecule has 0 bridgehead atoms. The van der Waals surface area contributed by atoms with E-state index in [9.17, 15) is 9.59 Å². The van der Waals surface area contributed by atoms with E-state index in [2.05, 4.69) is 21.2 Å². The molecule has 0 spiro atoms. The van der Waals surface area contributed by atoms with Crippen LogP contribution in [-0.2, 0) is 9.53 Å². The van der Waals surface area contributed by atoms with Gasteiger partial charge in [0.1, 0.15) is 6.04 Å². The van der Waals surface area contributed by atoms with Gasteiger partial charge in [0.05, 0.1) is 7.11 Å². The van der Waals surface area contributed by atoms with E-state index in [-0.39, 0.29) is 11.8 Å². The molecule has 0 heterocycles. The summed E-state index contributed by atoms with van der Waals surface area (Å²) < 4.78 is 5.63. The zero-order valence-corrected chi connectivity index (χ0v) is 12.9. The molecule has 2 unspecified atom stereocenters. The molecule has 1 aromatic carbocycles. The summed E-state index contributed by atoms with van der Waals surface area (Å²) in [6.07, 6.45) is 0.778. The normalized spacial score (nSPS) is 13.5. The molecule has 2 atom stereocenters. The Morgan fingerprint density at radius 1 is 1.32 bits per heavy atom. The molecule has 0 aliphatic rings. The summed E-state index contributed by atoms with van der Waals surface area (Å²) in [7, 11) is 1.32. The molecule has 0 aliphatic heterocycles. The van der Waals surface area contributed by atoms with Gasteiger partial charge in [-0.15, -0.1) is 0 Å². The van der Waals surface area contributed by atoms with Gasteiger partial charge in [-0.1, -0.05) is 36.2 Å². The van der Waals surface area contributed by atoms with Gasteiger partial charge in [0, 0.05) is 10.0 Å². The number of ether oxygens (including phenoxy) is 1. The molecule has 1 N–H and O–H groups in total. The number of halogens is 1. The zero-order valence-electron chi connectivity index (χ0n) is 11.3. The summed E-state index contributed by atoms with van der Waals surface area (Å²) >= 11 is 3.31. The van der Waals surface area contributed by atoms with Crippen molar-refractivity contribution in [2.75, 3.05) is 7.11 Å². The second-order valence-electron chi connectivity index (χ2n) is 4.37. The Morgan fingerprint density at radius 2 is 1.89 bits per heavy atom. The van der Waals surface area contributed by atoms with Crippen LogP contribution >= 0.6 is 15.9 Å². The Balaban J connectivity index is 2.81. The van der Waals surface area contributed by atoms with Gasteiger partial charge in [0.25, 0.3) is 5.91 Å². The molecule has 1 aromatic rings. The van der Waals surface area contributed by atoms with E-state index < -0.39 is 12.0 Å². The van der Waals surface area contributed by atoms with Gasteiger partial charge >= 0.3 is 5.97 Å². The third kappa shape index (κ3) is 4.35. The minimum Gasteiger partial charge on any atom is -0.467 e. The second-order valence-corrected chi connectivity index (χ2v) is 5.28. The van der Waals surface area contributed by atoms with Gasteiger partial charge in [0.15, 0.2) is 0 Å². The van der Waals surface area contributed by atoms with E-state index in [1.165, 1.54) is 7.11 Å². The van der Waals surface area contributed by atoms with Crippen molar-refractivity contribution in [1.29, 1.82) is 0 Å². The number of rotatable bonds is 5. The minimum atomic E-state index is -0.619. The number of benzene rings is 1. The molecule has 5 heteroatoms. The predicted molar refractivity (Wildman–Crippen MR) is 76.9 cm³/mol. The van der Waals surface area contributed by atoms with Crippen molar-refractivity contribution in [2.24, 2.45) is 5.92 Å². The van der Waals surface area contributed by atoms with Crippen molar-refractivity contribution >= 4 is 27.8 Å². The lowest BCUT2D eigenvalue weighted by atomic mass is 9.99. The molecule has 0 fully saturated rings. The van der Waals surface area contributed by atoms with Crippen LogP contribution in [0.3, 0.4) is 0 Å². The molecule has 0 aliphatic carbocycles. The highest BCUT2D eigenvalue weighted by atomic mass is 79.9. The quantitative estimate of drug-likeness (QED) is 0.846. The molecule has 0 aromatic heterocycles. The molecular formula is C14H18BrNO3. The van der Waals surface area contributed by atoms with Crippen molar-refractivity contribution in [3.8, 4) is 0 Å². The van der Waals surface area contributed by atoms with E-state index in [1.807, 2.05) is 13.8 Å². The largest absolute Gasteiger partial charge is 0.467 e. The van der Waals surface area contributed by atoms with Crippen molar-refractivity contribution in [3.63, 3.8) is 0 Å². The highest BCUT2D eigenvalue weighted by Gasteiger charge is 2.26. The van der Waals surface area contributed by atoms with E-state index in [0.717, 1.165) is 10.9 Å². The topological polar surface area (TPSA) is 55.4 Å². The number of carbonyl (C=O) groups is 2. The Hall–Kier alpha value is -1.36. The predicted octanol–water partition coefficient (Wildman–Crippen LogP) is 2.77. The number of hydrogen-bond acceptors (Lipinski definition) is 3. The van der Waals surface area contributed by atoms with Crippen molar-refractivity contribution < 1.29 is 14.3 Å². The lowest BCUT2D eigenvalue weighted by Gasteiger charge is -2.21. The molecule has 0 saturated heterocycles. The lowest BCUT2D eigenvalue weighted by molar-refractivity contribution is -0.144. The van der Waals surface area contributed by atoms with Crippen LogP contribution in [0, 0.1) is 5.92 Å². The summed E-state index contributed by atoms with van der Waals surface area (Å²) in [4.78, 5) is 23.8. The van der Waals surface area contributed by atoms with Gasteiger partial charge in [0.2, 0.25) is 0 Å². The van der Waals surface area contributed by atoms with E-state index >= 15 is 0 Å². The van der Waals surface area contributed by atoms with Gasteiger partial charge in [-0.25, -0.2) is 4.79 Å². The van der Waals surface area contributed by atoms with Crippen LogP contribution in [0.2, 0.25) is 0 Å². The van der Waals surface area contributed by atoms with Crippen molar-refractivity contribution in [1.82, 2.24) is 5.32 Å². The summed E-state index contributed by atoms with van der Waals surface area (Å²) in [6, 6.07) is 6.34. The first-order valence-electron chi connectivity index (χ1n) is 6.13. The minimum absolute atomic E-state index is 0.0202. The smallest absolute Gasteiger partial charge is 0.328 e. The summed E-state index contributed by atoms with van der Waals surface area (Å²) in [5, 5.41) is 2.73. The Morgan fingerprint density at radius 3 is 2.37 bits per heavy atom. The molecule has 1 amide bonds. The van der Waals surface area contributed by atoms with Crippen molar-refractivity contribution in [2.45, 2.75) is 26.3 Å². The van der Waals surface area contributed by atoms with Crippen LogP contribution in [0.5, 0.6) is 0 Å². The number of hydrogen-bond donors (Lipinski definition) is 1. The lowest BCUT2D eigenvalue weighted by Crippen LogP contribution is -2.45. The molecule has 4 nitrogen and oxygen atoms in total. The second kappa shape index (κ2) is 7.28. The average molecular weight is 328 g/mol. The van der Waals surface area contributed by atoms with E-state index in [0.29, 0.717) is 5.56 Å². The first kappa shape index (κ1) is 15.7. The van der Waals surface area contributed by atoms with Gasteiger partial charge < -0.3 is 10.1 Å². The van der Waals surface area contributed by atoms with Crippen LogP contribution in [-0.4, -0.2) is 25.0 Å². The zero-order chi connectivity index (χ0) is 14.4. The third-order valence-corrected chi connectivity index (χ3v) is 3.59. The van der Waals surface area contributed by atoms with Crippen LogP contribution in [0.25, 0.3) is 0 Å². The SMILES string of the molecule is CCC(C)C(NC(=O)c1ccc(Br)cc1)C(=O)OC. The number of amides is 1. The van der Waals surface area contributed by atoms with Gasteiger partial charge in [-0.05, 0) is 30.2 Å². The van der Waals surface area contributed by atoms with Crippen LogP contribution in [0.4, 0.5) is 0 Å². The highest BCUT2D eigenvalue weighted by Crippen LogP contribution is 2.13. The molecule has 1 rings (SSSR count). The van der Waals surface area contributed by atoms with Gasteiger partial charge in [-0.2, -0.15) is 0 Å². The first-order valence-corrected chi connectivity index (χ1v) is 6.93. The molecule has 0 saturated carbocycles. The van der Waals surface area contributed by atoms with E-state index in [1.54, 1.807) is 24.3 Å². The van der Waals surface area contributed by atoms with Crippen LogP contribution in [0.15, 0.2) is 28.7 Å². The summed E-state index contributed by atoms with van der Waals surface area (Å²) in [5.74, 6) is -0.671. The molecule has 19 heavy (non-hydrogen) atoms. The number of carbonyl (C=O) groups excluding carboxylic acids is 2. The molecule has 104 valence electrons. The summed E-state index contributed by atoms with van der Waals surface area (Å²) in [6.45, 7) is 3.87. The van der Waals surface area contributed by atoms with Gasteiger partial charge in [-0.3, -0.25) is 4.79 Å². The highest BCUT2D eigenvalue weighted by molar-refractivity contribution is 9.10. The number of nitrogens with one attached hydrogen (secondary N) is 1. The Kier molecular flexibility index (Phi) is 6.02. The number of methoxy groups -OCH3 is 1. The fourth-order valence-corrected chi connectivity index (χ4v) is 1.89. The number of esters is 1. The maximum absolute atomic E-state index is 12.1. The average Bonchev–Trinajstić information content (AvgIpc) is 2.43. The van der Waals surface area contributed by atoms with E-state index in [4.69, 9.17) is 4.74 Å².